The third-order valence-electron chi connectivity index (χ3n) is 3.02. The number of aliphatic hydroxyl groups is 1. The first-order valence-corrected chi connectivity index (χ1v) is 6.76. The van der Waals surface area contributed by atoms with Gasteiger partial charge in [-0.05, 0) is 19.3 Å². The van der Waals surface area contributed by atoms with Gasteiger partial charge in [0, 0.05) is 11.8 Å². The SMILES string of the molecule is CC.CCc1cn(C2CCC(CO)O2)c(=O)[nH]c1=O. The number of hydrogen-bond donors (Lipinski definition) is 2. The predicted molar refractivity (Wildman–Crippen MR) is 72.3 cm³/mol. The number of aromatic nitrogens is 2. The Morgan fingerprint density at radius 1 is 1.42 bits per heavy atom. The van der Waals surface area contributed by atoms with E-state index in [0.29, 0.717) is 24.8 Å². The average Bonchev–Trinajstić information content (AvgIpc) is 2.90. The molecular formula is C13H22N2O4. The second-order valence-corrected chi connectivity index (χ2v) is 4.15. The molecule has 19 heavy (non-hydrogen) atoms. The molecule has 1 fully saturated rings. The number of rotatable bonds is 3. The van der Waals surface area contributed by atoms with Gasteiger partial charge in [-0.2, -0.15) is 0 Å². The number of nitrogens with zero attached hydrogens (tertiary/aromatic N) is 1. The maximum atomic E-state index is 11.7. The molecule has 1 aliphatic rings. The summed E-state index contributed by atoms with van der Waals surface area (Å²) in [7, 11) is 0. The predicted octanol–water partition coefficient (Wildman–Crippen LogP) is 0.795. The third-order valence-corrected chi connectivity index (χ3v) is 3.02. The summed E-state index contributed by atoms with van der Waals surface area (Å²) in [6.45, 7) is 5.81. The van der Waals surface area contributed by atoms with Crippen LogP contribution in [0.1, 0.15) is 45.4 Å². The fourth-order valence-electron chi connectivity index (χ4n) is 2.02. The van der Waals surface area contributed by atoms with E-state index in [-0.39, 0.29) is 24.5 Å². The molecule has 2 unspecified atom stereocenters. The molecule has 2 heterocycles. The van der Waals surface area contributed by atoms with E-state index in [4.69, 9.17) is 9.84 Å². The highest BCUT2D eigenvalue weighted by atomic mass is 16.5. The van der Waals surface area contributed by atoms with Crippen molar-refractivity contribution in [1.29, 1.82) is 0 Å². The lowest BCUT2D eigenvalue weighted by atomic mass is 10.2. The van der Waals surface area contributed by atoms with Crippen molar-refractivity contribution in [3.05, 3.63) is 32.6 Å². The average molecular weight is 270 g/mol. The second kappa shape index (κ2) is 7.25. The van der Waals surface area contributed by atoms with Gasteiger partial charge in [0.25, 0.3) is 5.56 Å². The molecule has 0 spiro atoms. The molecule has 1 saturated heterocycles. The number of aliphatic hydroxyl groups excluding tert-OH is 1. The van der Waals surface area contributed by atoms with Crippen LogP contribution in [0.15, 0.2) is 15.8 Å². The third kappa shape index (κ3) is 3.54. The summed E-state index contributed by atoms with van der Waals surface area (Å²) in [4.78, 5) is 25.3. The minimum absolute atomic E-state index is 0.0464. The van der Waals surface area contributed by atoms with E-state index in [2.05, 4.69) is 4.98 Å². The number of nitrogens with one attached hydrogen (secondary N) is 1. The molecule has 2 atom stereocenters. The van der Waals surface area contributed by atoms with E-state index < -0.39 is 5.69 Å². The molecule has 6 heteroatoms. The number of aromatic amines is 1. The van der Waals surface area contributed by atoms with Crippen LogP contribution < -0.4 is 11.2 Å². The monoisotopic (exact) mass is 270 g/mol. The standard InChI is InChI=1S/C11H16N2O4.C2H6/c1-2-7-5-13(11(16)12-10(7)15)9-4-3-8(6-14)17-9;1-2/h5,8-9,14H,2-4,6H2,1H3,(H,12,15,16);1-2H3. The molecular weight excluding hydrogens is 248 g/mol. The topological polar surface area (TPSA) is 84.3 Å². The lowest BCUT2D eigenvalue weighted by Crippen LogP contribution is -2.34. The van der Waals surface area contributed by atoms with Crippen LogP contribution in [0.3, 0.4) is 0 Å². The summed E-state index contributed by atoms with van der Waals surface area (Å²) in [5.74, 6) is 0. The molecule has 6 nitrogen and oxygen atoms in total. The van der Waals surface area contributed by atoms with Gasteiger partial charge in [-0.3, -0.25) is 14.3 Å². The summed E-state index contributed by atoms with van der Waals surface area (Å²) in [6, 6.07) is 0. The van der Waals surface area contributed by atoms with Crippen molar-refractivity contribution in [2.24, 2.45) is 0 Å². The largest absolute Gasteiger partial charge is 0.394 e. The zero-order valence-electron chi connectivity index (χ0n) is 11.7. The molecule has 0 aromatic carbocycles. The minimum atomic E-state index is -0.462. The van der Waals surface area contributed by atoms with Crippen molar-refractivity contribution in [1.82, 2.24) is 9.55 Å². The van der Waals surface area contributed by atoms with Gasteiger partial charge in [0.05, 0.1) is 12.7 Å². The number of H-pyrrole nitrogens is 1. The molecule has 0 radical (unpaired) electrons. The van der Waals surface area contributed by atoms with Crippen molar-refractivity contribution in [2.45, 2.75) is 52.4 Å². The maximum Gasteiger partial charge on any atom is 0.330 e. The Hall–Kier alpha value is -1.40. The minimum Gasteiger partial charge on any atom is -0.394 e. The Morgan fingerprint density at radius 2 is 2.11 bits per heavy atom. The van der Waals surface area contributed by atoms with Crippen molar-refractivity contribution in [2.75, 3.05) is 6.61 Å². The van der Waals surface area contributed by atoms with Gasteiger partial charge in [-0.15, -0.1) is 0 Å². The van der Waals surface area contributed by atoms with E-state index >= 15 is 0 Å². The van der Waals surface area contributed by atoms with E-state index in [9.17, 15) is 9.59 Å². The van der Waals surface area contributed by atoms with Crippen molar-refractivity contribution in [3.8, 4) is 0 Å². The lowest BCUT2D eigenvalue weighted by molar-refractivity contribution is -0.0247. The Morgan fingerprint density at radius 3 is 2.63 bits per heavy atom. The van der Waals surface area contributed by atoms with Crippen molar-refractivity contribution in [3.63, 3.8) is 0 Å². The number of ether oxygens (including phenoxy) is 1. The smallest absolute Gasteiger partial charge is 0.330 e. The Balaban J connectivity index is 0.000000861. The Bertz CT molecular complexity index is 506. The fourth-order valence-corrected chi connectivity index (χ4v) is 2.02. The summed E-state index contributed by atoms with van der Waals surface area (Å²) < 4.78 is 6.91. The van der Waals surface area contributed by atoms with Crippen molar-refractivity contribution < 1.29 is 9.84 Å². The molecule has 2 N–H and O–H groups in total. The van der Waals surface area contributed by atoms with Crippen LogP contribution in [-0.2, 0) is 11.2 Å². The fraction of sp³-hybridized carbons (Fsp3) is 0.692. The zero-order valence-corrected chi connectivity index (χ0v) is 11.7. The van der Waals surface area contributed by atoms with E-state index in [1.807, 2.05) is 20.8 Å². The van der Waals surface area contributed by atoms with Crippen LogP contribution >= 0.6 is 0 Å². The second-order valence-electron chi connectivity index (χ2n) is 4.15. The van der Waals surface area contributed by atoms with Gasteiger partial charge >= 0.3 is 5.69 Å². The lowest BCUT2D eigenvalue weighted by Gasteiger charge is -2.15. The zero-order chi connectivity index (χ0) is 14.4. The molecule has 0 bridgehead atoms. The quantitative estimate of drug-likeness (QED) is 0.850. The highest BCUT2D eigenvalue weighted by Crippen LogP contribution is 2.26. The van der Waals surface area contributed by atoms with Crippen LogP contribution in [0.2, 0.25) is 0 Å². The molecule has 1 aromatic heterocycles. The molecule has 2 rings (SSSR count). The van der Waals surface area contributed by atoms with Gasteiger partial charge in [-0.1, -0.05) is 20.8 Å². The Labute approximate surface area is 112 Å². The van der Waals surface area contributed by atoms with Gasteiger partial charge in [0.2, 0.25) is 0 Å². The van der Waals surface area contributed by atoms with Crippen LogP contribution in [0.25, 0.3) is 0 Å². The molecule has 0 saturated carbocycles. The molecule has 0 amide bonds. The highest BCUT2D eigenvalue weighted by Gasteiger charge is 2.26. The van der Waals surface area contributed by atoms with Gasteiger partial charge < -0.3 is 9.84 Å². The van der Waals surface area contributed by atoms with Crippen LogP contribution in [0.4, 0.5) is 0 Å². The van der Waals surface area contributed by atoms with Gasteiger partial charge in [-0.25, -0.2) is 4.79 Å². The first kappa shape index (κ1) is 15.7. The molecule has 1 aromatic rings. The van der Waals surface area contributed by atoms with E-state index in [1.165, 1.54) is 4.57 Å². The number of aryl methyl sites for hydroxylation is 1. The molecule has 0 aliphatic carbocycles. The van der Waals surface area contributed by atoms with Gasteiger partial charge in [0.15, 0.2) is 0 Å². The van der Waals surface area contributed by atoms with Crippen LogP contribution in [-0.4, -0.2) is 27.4 Å². The number of hydrogen-bond acceptors (Lipinski definition) is 4. The summed E-state index contributed by atoms with van der Waals surface area (Å²) in [5, 5.41) is 8.97. The Kier molecular flexibility index (Phi) is 5.98. The first-order chi connectivity index (χ1) is 9.15. The summed E-state index contributed by atoms with van der Waals surface area (Å²) in [6.07, 6.45) is 2.89. The van der Waals surface area contributed by atoms with Crippen LogP contribution in [0.5, 0.6) is 0 Å². The normalized spacial score (nSPS) is 21.9. The van der Waals surface area contributed by atoms with E-state index in [1.54, 1.807) is 6.20 Å². The van der Waals surface area contributed by atoms with Gasteiger partial charge in [0.1, 0.15) is 6.23 Å². The van der Waals surface area contributed by atoms with Crippen LogP contribution in [0, 0.1) is 0 Å². The maximum absolute atomic E-state index is 11.7. The summed E-state index contributed by atoms with van der Waals surface area (Å²) in [5.41, 5.74) is -0.248. The first-order valence-electron chi connectivity index (χ1n) is 6.76. The molecule has 108 valence electrons. The van der Waals surface area contributed by atoms with E-state index in [0.717, 1.165) is 0 Å². The molecule has 1 aliphatic heterocycles. The highest BCUT2D eigenvalue weighted by molar-refractivity contribution is 5.04. The summed E-state index contributed by atoms with van der Waals surface area (Å²) >= 11 is 0. The van der Waals surface area contributed by atoms with Crippen molar-refractivity contribution >= 4 is 0 Å².